The van der Waals surface area contributed by atoms with Crippen molar-refractivity contribution >= 4 is 59.5 Å². The van der Waals surface area contributed by atoms with E-state index in [0.717, 1.165) is 18.4 Å². The zero-order valence-corrected chi connectivity index (χ0v) is 32.6. The molecule has 3 atom stereocenters. The maximum atomic E-state index is 15.5. The predicted octanol–water partition coefficient (Wildman–Crippen LogP) is 6.26. The van der Waals surface area contributed by atoms with Crippen LogP contribution >= 0.6 is 11.3 Å². The summed E-state index contributed by atoms with van der Waals surface area (Å²) in [4.78, 5) is 25.7. The number of pyridine rings is 1. The van der Waals surface area contributed by atoms with Crippen molar-refractivity contribution in [2.75, 3.05) is 42.2 Å². The molecule has 5 heterocycles. The van der Waals surface area contributed by atoms with Crippen molar-refractivity contribution in [1.82, 2.24) is 34.8 Å². The van der Waals surface area contributed by atoms with Crippen LogP contribution in [0.2, 0.25) is 0 Å². The molecule has 13 nitrogen and oxygen atoms in total. The van der Waals surface area contributed by atoms with Crippen LogP contribution in [0.15, 0.2) is 42.5 Å². The molecule has 22 heteroatoms. The van der Waals surface area contributed by atoms with Gasteiger partial charge in [-0.3, -0.25) is 18.9 Å². The van der Waals surface area contributed by atoms with E-state index in [9.17, 15) is 35.2 Å². The van der Waals surface area contributed by atoms with Crippen LogP contribution in [0.1, 0.15) is 46.6 Å². The Labute approximate surface area is 334 Å². The zero-order valence-electron chi connectivity index (χ0n) is 30.9. The van der Waals surface area contributed by atoms with Crippen molar-refractivity contribution in [1.29, 1.82) is 0 Å². The molecule has 1 saturated heterocycles. The third-order valence-electron chi connectivity index (χ3n) is 10.6. The van der Waals surface area contributed by atoms with Gasteiger partial charge in [-0.2, -0.15) is 37.1 Å². The fraction of sp³-hybridized carbons (Fsp3) is 0.378. The Morgan fingerprint density at radius 2 is 1.78 bits per heavy atom. The minimum atomic E-state index is -5.06. The number of hydrogen-bond acceptors (Lipinski definition) is 10. The Bertz CT molecular complexity index is 2780. The van der Waals surface area contributed by atoms with Gasteiger partial charge >= 0.3 is 6.18 Å². The van der Waals surface area contributed by atoms with Crippen LogP contribution in [0.4, 0.5) is 41.7 Å². The van der Waals surface area contributed by atoms with Crippen molar-refractivity contribution in [3.05, 3.63) is 82.3 Å². The van der Waals surface area contributed by atoms with Gasteiger partial charge in [-0.15, -0.1) is 0 Å². The van der Waals surface area contributed by atoms with Crippen molar-refractivity contribution in [3.8, 4) is 11.1 Å². The highest BCUT2D eigenvalue weighted by Crippen LogP contribution is 2.68. The number of amides is 1. The maximum absolute atomic E-state index is 15.5. The number of para-hydroxylation sites is 1. The lowest BCUT2D eigenvalue weighted by atomic mass is 9.94. The van der Waals surface area contributed by atoms with Gasteiger partial charge < -0.3 is 15.0 Å². The molecule has 2 aliphatic carbocycles. The van der Waals surface area contributed by atoms with Crippen LogP contribution in [0.5, 0.6) is 0 Å². The van der Waals surface area contributed by atoms with Crippen LogP contribution in [0.3, 0.4) is 0 Å². The number of fused-ring (bicyclic) bond motifs is 5. The molecule has 3 aliphatic rings. The summed E-state index contributed by atoms with van der Waals surface area (Å²) in [5.74, 6) is -8.91. The average molecular weight is 864 g/mol. The number of alkyl halides is 5. The van der Waals surface area contributed by atoms with E-state index in [1.165, 1.54) is 16.0 Å². The molecule has 6 aromatic rings. The molecule has 2 fully saturated rings. The number of carbonyl (C=O) groups is 1. The molecule has 59 heavy (non-hydrogen) atoms. The number of ether oxygens (including phenoxy) is 1. The highest BCUT2D eigenvalue weighted by Gasteiger charge is 2.68. The Morgan fingerprint density at radius 1 is 1.05 bits per heavy atom. The number of hydrogen-bond donors (Lipinski definition) is 2. The molecule has 2 aromatic carbocycles. The van der Waals surface area contributed by atoms with Gasteiger partial charge in [0.2, 0.25) is 15.9 Å². The molecule has 0 spiro atoms. The molecule has 1 amide bonds. The number of sulfonamides is 1. The quantitative estimate of drug-likeness (QED) is 0.152. The Kier molecular flexibility index (Phi) is 9.20. The van der Waals surface area contributed by atoms with Crippen LogP contribution < -0.4 is 14.9 Å². The highest BCUT2D eigenvalue weighted by atomic mass is 32.2. The molecule has 0 bridgehead atoms. The topological polar surface area (TPSA) is 149 Å². The smallest absolute Gasteiger partial charge is 0.378 e. The van der Waals surface area contributed by atoms with Gasteiger partial charge in [-0.25, -0.2) is 22.2 Å². The van der Waals surface area contributed by atoms with Gasteiger partial charge in [-0.05, 0) is 48.6 Å². The standard InChI is InChI=1S/C37H32F7N9O4S2/c1-51-30-20(4-3-5-21(30)33(49-51)50-59(2,55)56)22-15-26-34(47-35(58-26)52-6-8-57-9-7-52)46-29(22)25(12-17-10-18(38)13-19(39)11-17)45-27(54)16-53-32-28(31(48-53)37(42,43)44)23-14-24(23)36(32,40)41/h3-5,10-11,13,15,23-25H,6-9,12,14,16H2,1-2H3,(H,45,54)(H,49,50)/t23-,24?,25-/m0/s1. The second-order valence-corrected chi connectivity index (χ2v) is 17.6. The van der Waals surface area contributed by atoms with Gasteiger partial charge in [0.05, 0.1) is 41.4 Å². The van der Waals surface area contributed by atoms with E-state index in [4.69, 9.17) is 14.7 Å². The third-order valence-corrected chi connectivity index (χ3v) is 12.3. The first kappa shape index (κ1) is 39.1. The van der Waals surface area contributed by atoms with Gasteiger partial charge in [-0.1, -0.05) is 23.5 Å². The number of nitrogens with zero attached hydrogens (tertiary/aromatic N) is 7. The van der Waals surface area contributed by atoms with E-state index in [1.54, 1.807) is 31.3 Å². The molecule has 1 unspecified atom stereocenters. The Hall–Kier alpha value is -5.35. The number of aromatic nitrogens is 6. The largest absolute Gasteiger partial charge is 0.435 e. The van der Waals surface area contributed by atoms with E-state index in [2.05, 4.69) is 20.2 Å². The molecule has 0 radical (unpaired) electrons. The first-order valence-corrected chi connectivity index (χ1v) is 20.9. The molecule has 2 N–H and O–H groups in total. The fourth-order valence-corrected chi connectivity index (χ4v) is 9.69. The van der Waals surface area contributed by atoms with Crippen molar-refractivity contribution in [2.24, 2.45) is 13.0 Å². The number of aryl methyl sites for hydroxylation is 1. The van der Waals surface area contributed by atoms with E-state index in [1.807, 2.05) is 4.90 Å². The number of rotatable bonds is 10. The van der Waals surface area contributed by atoms with Crippen molar-refractivity contribution in [3.63, 3.8) is 0 Å². The summed E-state index contributed by atoms with van der Waals surface area (Å²) >= 11 is 1.32. The number of carbonyl (C=O) groups excluding carboxylic acids is 1. The SMILES string of the molecule is Cn1nc(NS(C)(=O)=O)c2cccc(-c3cc4sc(N5CCOCC5)nc4nc3[C@H](Cc3cc(F)cc(F)c3)NC(=O)Cn3nc(C(F)(F)F)c4c3C(F)(F)C3C[C@H]43)c21. The summed E-state index contributed by atoms with van der Waals surface area (Å²) in [6.07, 6.45) is -4.56. The minimum Gasteiger partial charge on any atom is -0.378 e. The van der Waals surface area contributed by atoms with E-state index in [0.29, 0.717) is 68.9 Å². The van der Waals surface area contributed by atoms with Gasteiger partial charge in [0.25, 0.3) is 5.92 Å². The first-order valence-electron chi connectivity index (χ1n) is 18.2. The lowest BCUT2D eigenvalue weighted by Crippen LogP contribution is -2.36. The maximum Gasteiger partial charge on any atom is 0.435 e. The van der Waals surface area contributed by atoms with Crippen LogP contribution in [-0.4, -0.2) is 76.4 Å². The number of anilines is 2. The number of morpholine rings is 1. The number of benzene rings is 2. The molecular formula is C37H32F7N9O4S2. The predicted molar refractivity (Wildman–Crippen MR) is 202 cm³/mol. The molecule has 310 valence electrons. The van der Waals surface area contributed by atoms with Gasteiger partial charge in [0, 0.05) is 54.2 Å². The number of halogens is 7. The molecule has 4 aromatic heterocycles. The summed E-state index contributed by atoms with van der Waals surface area (Å²) in [5.41, 5.74) is -1.47. The van der Waals surface area contributed by atoms with E-state index in [-0.39, 0.29) is 35.6 Å². The first-order chi connectivity index (χ1) is 27.9. The van der Waals surface area contributed by atoms with Crippen LogP contribution in [-0.2, 0) is 51.7 Å². The normalized spacial score (nSPS) is 19.2. The monoisotopic (exact) mass is 863 g/mol. The molecule has 9 rings (SSSR count). The third kappa shape index (κ3) is 7.13. The molecule has 1 aliphatic heterocycles. The van der Waals surface area contributed by atoms with Gasteiger partial charge in [0.1, 0.15) is 23.9 Å². The number of thiazole rings is 1. The Balaban J connectivity index is 1.20. The molecule has 1 saturated carbocycles. The van der Waals surface area contributed by atoms with Crippen molar-refractivity contribution < 1.29 is 48.7 Å². The lowest BCUT2D eigenvalue weighted by molar-refractivity contribution is -0.142. The fourth-order valence-electron chi connectivity index (χ4n) is 8.19. The number of nitrogens with one attached hydrogen (secondary N) is 2. The summed E-state index contributed by atoms with van der Waals surface area (Å²) in [6, 6.07) is 8.14. The Morgan fingerprint density at radius 3 is 2.47 bits per heavy atom. The minimum absolute atomic E-state index is 0.0225. The van der Waals surface area contributed by atoms with Crippen LogP contribution in [0, 0.1) is 17.6 Å². The summed E-state index contributed by atoms with van der Waals surface area (Å²) in [6.45, 7) is 0.959. The van der Waals surface area contributed by atoms with E-state index >= 15 is 8.78 Å². The second kappa shape index (κ2) is 13.9. The summed E-state index contributed by atoms with van der Waals surface area (Å²) < 4.78 is 137. The average Bonchev–Trinajstić information content (AvgIpc) is 3.42. The zero-order chi connectivity index (χ0) is 41.8. The summed E-state index contributed by atoms with van der Waals surface area (Å²) in [5, 5.41) is 11.6. The van der Waals surface area contributed by atoms with Gasteiger partial charge in [0.15, 0.2) is 22.3 Å². The highest BCUT2D eigenvalue weighted by molar-refractivity contribution is 7.92. The molecular weight excluding hydrogens is 832 g/mol. The van der Waals surface area contributed by atoms with Crippen LogP contribution in [0.25, 0.3) is 32.4 Å². The second-order valence-electron chi connectivity index (χ2n) is 14.8. The van der Waals surface area contributed by atoms with Crippen molar-refractivity contribution in [2.45, 2.75) is 43.4 Å². The van der Waals surface area contributed by atoms with E-state index < -0.39 is 81.0 Å². The summed E-state index contributed by atoms with van der Waals surface area (Å²) in [7, 11) is -2.19. The lowest BCUT2D eigenvalue weighted by Gasteiger charge is -2.25.